The van der Waals surface area contributed by atoms with Crippen molar-refractivity contribution in [3.05, 3.63) is 51.9 Å². The number of benzene rings is 1. The van der Waals surface area contributed by atoms with Gasteiger partial charge >= 0.3 is 5.97 Å². The summed E-state index contributed by atoms with van der Waals surface area (Å²) >= 11 is 1.51. The Kier molecular flexibility index (Phi) is 7.45. The van der Waals surface area contributed by atoms with E-state index in [4.69, 9.17) is 4.74 Å². The van der Waals surface area contributed by atoms with Crippen molar-refractivity contribution in [2.75, 3.05) is 38.1 Å². The normalized spacial score (nSPS) is 17.2. The Hall–Kier alpha value is -2.71. The van der Waals surface area contributed by atoms with Gasteiger partial charge in [0.1, 0.15) is 5.00 Å². The second kappa shape index (κ2) is 10.5. The number of esters is 1. The first kappa shape index (κ1) is 23.4. The molecule has 0 radical (unpaired) electrons. The Balaban J connectivity index is 1.40. The molecule has 2 aromatic rings. The highest BCUT2D eigenvalue weighted by molar-refractivity contribution is 7.17. The van der Waals surface area contributed by atoms with Gasteiger partial charge in [0.25, 0.3) is 5.91 Å². The number of anilines is 1. The van der Waals surface area contributed by atoms with Crippen LogP contribution >= 0.6 is 11.3 Å². The van der Waals surface area contributed by atoms with Gasteiger partial charge in [-0.1, -0.05) is 18.2 Å². The van der Waals surface area contributed by atoms with Crippen LogP contribution in [-0.4, -0.2) is 66.4 Å². The molecule has 1 fully saturated rings. The predicted octanol–water partition coefficient (Wildman–Crippen LogP) is 3.59. The van der Waals surface area contributed by atoms with E-state index in [9.17, 15) is 14.4 Å². The zero-order valence-corrected chi connectivity index (χ0v) is 20.1. The molecule has 1 aliphatic heterocycles. The van der Waals surface area contributed by atoms with Gasteiger partial charge in [-0.05, 0) is 57.2 Å². The van der Waals surface area contributed by atoms with E-state index < -0.39 is 0 Å². The molecular formula is C25H31N3O4S. The van der Waals surface area contributed by atoms with Crippen molar-refractivity contribution < 1.29 is 19.1 Å². The molecule has 7 nitrogen and oxygen atoms in total. The van der Waals surface area contributed by atoms with Crippen molar-refractivity contribution in [3.63, 3.8) is 0 Å². The molecule has 0 unspecified atom stereocenters. The fraction of sp³-hybridized carbons (Fsp3) is 0.480. The minimum absolute atomic E-state index is 0.0237. The summed E-state index contributed by atoms with van der Waals surface area (Å²) in [6.45, 7) is 6.37. The van der Waals surface area contributed by atoms with E-state index in [1.165, 1.54) is 16.2 Å². The Morgan fingerprint density at radius 2 is 1.76 bits per heavy atom. The monoisotopic (exact) mass is 469 g/mol. The lowest BCUT2D eigenvalue weighted by Gasteiger charge is -2.37. The van der Waals surface area contributed by atoms with Crippen LogP contribution in [0.5, 0.6) is 0 Å². The topological polar surface area (TPSA) is 79.0 Å². The van der Waals surface area contributed by atoms with E-state index in [2.05, 4.69) is 10.2 Å². The Bertz CT molecular complexity index is 1010. The molecule has 1 aromatic carbocycles. The van der Waals surface area contributed by atoms with Crippen molar-refractivity contribution in [2.24, 2.45) is 0 Å². The average Bonchev–Trinajstić information content (AvgIpc) is 3.21. The van der Waals surface area contributed by atoms with Gasteiger partial charge < -0.3 is 15.0 Å². The van der Waals surface area contributed by atoms with Crippen molar-refractivity contribution in [1.82, 2.24) is 9.80 Å². The van der Waals surface area contributed by atoms with Crippen LogP contribution in [0.15, 0.2) is 30.3 Å². The van der Waals surface area contributed by atoms with Crippen molar-refractivity contribution in [3.8, 4) is 0 Å². The molecular weight excluding hydrogens is 438 g/mol. The number of hydrogen-bond donors (Lipinski definition) is 1. The molecule has 2 heterocycles. The van der Waals surface area contributed by atoms with Gasteiger partial charge in [0.05, 0.1) is 18.2 Å². The van der Waals surface area contributed by atoms with Crippen molar-refractivity contribution >= 4 is 34.1 Å². The molecule has 1 aromatic heterocycles. The zero-order valence-electron chi connectivity index (χ0n) is 19.3. The van der Waals surface area contributed by atoms with E-state index in [-0.39, 0.29) is 23.8 Å². The SMILES string of the molecule is CCOC(=O)c1c(NC(=O)[C@@H](C)N2CCN(C(=O)c3ccccc3)CC2)sc2c1CCCC2. The summed E-state index contributed by atoms with van der Waals surface area (Å²) in [5, 5.41) is 3.63. The van der Waals surface area contributed by atoms with Crippen LogP contribution in [0.1, 0.15) is 57.8 Å². The number of amides is 2. The third-order valence-corrected chi connectivity index (χ3v) is 7.64. The number of ether oxygens (including phenoxy) is 1. The number of carbonyl (C=O) groups excluding carboxylic acids is 3. The highest BCUT2D eigenvalue weighted by Gasteiger charge is 2.31. The highest BCUT2D eigenvalue weighted by Crippen LogP contribution is 2.38. The first-order valence-corrected chi connectivity index (χ1v) is 12.5. The fourth-order valence-corrected chi connectivity index (χ4v) is 5.81. The molecule has 1 N–H and O–H groups in total. The molecule has 0 saturated carbocycles. The number of rotatable bonds is 6. The summed E-state index contributed by atoms with van der Waals surface area (Å²) in [5.74, 6) is -0.467. The first-order chi connectivity index (χ1) is 16.0. The van der Waals surface area contributed by atoms with Crippen LogP contribution < -0.4 is 5.32 Å². The maximum absolute atomic E-state index is 13.1. The third kappa shape index (κ3) is 5.12. The number of aryl methyl sites for hydroxylation is 1. The summed E-state index contributed by atoms with van der Waals surface area (Å²) in [6.07, 6.45) is 3.94. The van der Waals surface area contributed by atoms with Gasteiger partial charge in [0.15, 0.2) is 0 Å². The number of piperazine rings is 1. The standard InChI is InChI=1S/C25H31N3O4S/c1-3-32-25(31)21-19-11-7-8-12-20(19)33-23(21)26-22(29)17(2)27-13-15-28(16-14-27)24(30)18-9-5-4-6-10-18/h4-6,9-10,17H,3,7-8,11-16H2,1-2H3,(H,26,29)/t17-/m1/s1. The van der Waals surface area contributed by atoms with Crippen LogP contribution in [0.25, 0.3) is 0 Å². The van der Waals surface area contributed by atoms with E-state index in [1.54, 1.807) is 6.92 Å². The van der Waals surface area contributed by atoms with Gasteiger partial charge in [-0.3, -0.25) is 14.5 Å². The van der Waals surface area contributed by atoms with Crippen molar-refractivity contribution in [1.29, 1.82) is 0 Å². The molecule has 2 amide bonds. The molecule has 33 heavy (non-hydrogen) atoms. The number of nitrogens with zero attached hydrogens (tertiary/aromatic N) is 2. The second-order valence-corrected chi connectivity index (χ2v) is 9.60. The van der Waals surface area contributed by atoms with E-state index in [1.807, 2.05) is 42.2 Å². The van der Waals surface area contributed by atoms with Crippen LogP contribution in [0.2, 0.25) is 0 Å². The summed E-state index contributed by atoms with van der Waals surface area (Å²) < 4.78 is 5.29. The summed E-state index contributed by atoms with van der Waals surface area (Å²) in [6, 6.07) is 8.91. The van der Waals surface area contributed by atoms with Crippen molar-refractivity contribution in [2.45, 2.75) is 45.6 Å². The number of nitrogens with one attached hydrogen (secondary N) is 1. The molecule has 8 heteroatoms. The number of hydrogen-bond acceptors (Lipinski definition) is 6. The lowest BCUT2D eigenvalue weighted by atomic mass is 9.95. The Morgan fingerprint density at radius 1 is 1.06 bits per heavy atom. The molecule has 1 aliphatic carbocycles. The maximum atomic E-state index is 13.1. The molecule has 2 aliphatic rings. The second-order valence-electron chi connectivity index (χ2n) is 8.49. The van der Waals surface area contributed by atoms with E-state index >= 15 is 0 Å². The highest BCUT2D eigenvalue weighted by atomic mass is 32.1. The van der Waals surface area contributed by atoms with Crippen LogP contribution in [0.3, 0.4) is 0 Å². The lowest BCUT2D eigenvalue weighted by Crippen LogP contribution is -2.54. The number of carbonyl (C=O) groups is 3. The zero-order chi connectivity index (χ0) is 23.4. The Labute approximate surface area is 198 Å². The smallest absolute Gasteiger partial charge is 0.341 e. The average molecular weight is 470 g/mol. The molecule has 1 atom stereocenters. The van der Waals surface area contributed by atoms with Gasteiger partial charge in [-0.2, -0.15) is 0 Å². The molecule has 1 saturated heterocycles. The molecule has 176 valence electrons. The number of thiophene rings is 1. The van der Waals surface area contributed by atoms with Gasteiger partial charge in [-0.25, -0.2) is 4.79 Å². The van der Waals surface area contributed by atoms with E-state index in [0.29, 0.717) is 48.9 Å². The maximum Gasteiger partial charge on any atom is 0.341 e. The van der Waals surface area contributed by atoms with Crippen LogP contribution in [-0.2, 0) is 22.4 Å². The lowest BCUT2D eigenvalue weighted by molar-refractivity contribution is -0.121. The van der Waals surface area contributed by atoms with Gasteiger partial charge in [0, 0.05) is 36.6 Å². The first-order valence-electron chi connectivity index (χ1n) is 11.7. The van der Waals surface area contributed by atoms with Gasteiger partial charge in [-0.15, -0.1) is 11.3 Å². The van der Waals surface area contributed by atoms with E-state index in [0.717, 1.165) is 31.2 Å². The van der Waals surface area contributed by atoms with Gasteiger partial charge in [0.2, 0.25) is 5.91 Å². The quantitative estimate of drug-likeness (QED) is 0.654. The van der Waals surface area contributed by atoms with Crippen LogP contribution in [0.4, 0.5) is 5.00 Å². The molecule has 0 bridgehead atoms. The summed E-state index contributed by atoms with van der Waals surface area (Å²) in [7, 11) is 0. The fourth-order valence-electron chi connectivity index (χ4n) is 4.53. The molecule has 0 spiro atoms. The summed E-state index contributed by atoms with van der Waals surface area (Å²) in [5.41, 5.74) is 2.26. The minimum atomic E-state index is -0.367. The minimum Gasteiger partial charge on any atom is -0.462 e. The predicted molar refractivity (Wildman–Crippen MR) is 129 cm³/mol. The third-order valence-electron chi connectivity index (χ3n) is 6.44. The largest absolute Gasteiger partial charge is 0.462 e. The van der Waals surface area contributed by atoms with Crippen LogP contribution in [0, 0.1) is 0 Å². The number of fused-ring (bicyclic) bond motifs is 1. The Morgan fingerprint density at radius 3 is 2.45 bits per heavy atom. The molecule has 4 rings (SSSR count). The summed E-state index contributed by atoms with van der Waals surface area (Å²) in [4.78, 5) is 43.6.